The minimum absolute atomic E-state index is 0.277. The molecule has 3 heteroatoms. The third kappa shape index (κ3) is 2.69. The van der Waals surface area contributed by atoms with Crippen molar-refractivity contribution >= 4 is 5.91 Å². The molecule has 2 N–H and O–H groups in total. The van der Waals surface area contributed by atoms with E-state index >= 15 is 0 Å². The number of rotatable bonds is 3. The van der Waals surface area contributed by atoms with Gasteiger partial charge in [-0.3, -0.25) is 4.79 Å². The fourth-order valence-electron chi connectivity index (χ4n) is 1.47. The van der Waals surface area contributed by atoms with Crippen molar-refractivity contribution in [3.63, 3.8) is 0 Å². The molecule has 0 radical (unpaired) electrons. The van der Waals surface area contributed by atoms with Crippen molar-refractivity contribution in [2.24, 2.45) is 5.41 Å². The molecule has 0 saturated heterocycles. The molecule has 76 valence electrons. The molecule has 1 rings (SSSR count). The zero-order valence-electron chi connectivity index (χ0n) is 8.68. The quantitative estimate of drug-likeness (QED) is 0.691. The van der Waals surface area contributed by atoms with E-state index < -0.39 is 5.60 Å². The molecule has 1 aliphatic rings. The lowest BCUT2D eigenvalue weighted by molar-refractivity contribution is -0.137. The van der Waals surface area contributed by atoms with Crippen molar-refractivity contribution in [1.29, 1.82) is 0 Å². The van der Waals surface area contributed by atoms with Gasteiger partial charge in [0.15, 0.2) is 0 Å². The molecule has 13 heavy (non-hydrogen) atoms. The van der Waals surface area contributed by atoms with Gasteiger partial charge in [0.05, 0.1) is 0 Å². The van der Waals surface area contributed by atoms with Crippen LogP contribution in [0.2, 0.25) is 0 Å². The Morgan fingerprint density at radius 2 is 2.08 bits per heavy atom. The van der Waals surface area contributed by atoms with Crippen LogP contribution in [0, 0.1) is 5.41 Å². The standard InChI is InChI=1S/C10H19NO2/c1-9(2,13)8(12)11-7-10(3)5-4-6-10/h13H,4-7H2,1-3H3,(H,11,12). The van der Waals surface area contributed by atoms with E-state index in [-0.39, 0.29) is 11.3 Å². The Morgan fingerprint density at radius 1 is 1.54 bits per heavy atom. The van der Waals surface area contributed by atoms with Crippen LogP contribution in [0.15, 0.2) is 0 Å². The SMILES string of the molecule is CC1(CNC(=O)C(C)(C)O)CCC1. The lowest BCUT2D eigenvalue weighted by Gasteiger charge is -2.38. The minimum atomic E-state index is -1.25. The molecular formula is C10H19NO2. The van der Waals surface area contributed by atoms with Crippen LogP contribution in [0.5, 0.6) is 0 Å². The first-order valence-electron chi connectivity index (χ1n) is 4.84. The summed E-state index contributed by atoms with van der Waals surface area (Å²) in [5.74, 6) is -0.277. The Bertz CT molecular complexity index is 201. The van der Waals surface area contributed by atoms with E-state index in [4.69, 9.17) is 0 Å². The predicted molar refractivity (Wildman–Crippen MR) is 51.3 cm³/mol. The zero-order valence-corrected chi connectivity index (χ0v) is 8.68. The maximum atomic E-state index is 11.3. The summed E-state index contributed by atoms with van der Waals surface area (Å²) in [5.41, 5.74) is -0.971. The maximum absolute atomic E-state index is 11.3. The molecule has 0 aliphatic heterocycles. The van der Waals surface area contributed by atoms with Gasteiger partial charge >= 0.3 is 0 Å². The monoisotopic (exact) mass is 185 g/mol. The number of aliphatic hydroxyl groups is 1. The van der Waals surface area contributed by atoms with Crippen LogP contribution < -0.4 is 5.32 Å². The number of carbonyl (C=O) groups is 1. The average molecular weight is 185 g/mol. The zero-order chi connectivity index (χ0) is 10.1. The van der Waals surface area contributed by atoms with E-state index in [0.29, 0.717) is 6.54 Å². The Morgan fingerprint density at radius 3 is 2.38 bits per heavy atom. The Labute approximate surface area is 79.5 Å². The Balaban J connectivity index is 2.30. The second-order valence-corrected chi connectivity index (χ2v) is 4.91. The number of nitrogens with one attached hydrogen (secondary N) is 1. The fourth-order valence-corrected chi connectivity index (χ4v) is 1.47. The molecule has 0 aromatic heterocycles. The van der Waals surface area contributed by atoms with Crippen molar-refractivity contribution in [3.05, 3.63) is 0 Å². The number of carbonyl (C=O) groups excluding carboxylic acids is 1. The number of hydrogen-bond donors (Lipinski definition) is 2. The van der Waals surface area contributed by atoms with Crippen molar-refractivity contribution in [2.45, 2.75) is 45.6 Å². The van der Waals surface area contributed by atoms with Crippen LogP contribution in [-0.2, 0) is 4.79 Å². The molecule has 0 bridgehead atoms. The van der Waals surface area contributed by atoms with Crippen molar-refractivity contribution in [1.82, 2.24) is 5.32 Å². The summed E-state index contributed by atoms with van der Waals surface area (Å²) in [6.07, 6.45) is 3.62. The summed E-state index contributed by atoms with van der Waals surface area (Å²) < 4.78 is 0. The van der Waals surface area contributed by atoms with Crippen LogP contribution in [0.4, 0.5) is 0 Å². The van der Waals surface area contributed by atoms with Gasteiger partial charge in [-0.2, -0.15) is 0 Å². The highest BCUT2D eigenvalue weighted by Gasteiger charge is 2.33. The summed E-state index contributed by atoms with van der Waals surface area (Å²) >= 11 is 0. The highest BCUT2D eigenvalue weighted by molar-refractivity contribution is 5.83. The molecule has 3 nitrogen and oxygen atoms in total. The van der Waals surface area contributed by atoms with Crippen molar-refractivity contribution < 1.29 is 9.90 Å². The molecule has 0 heterocycles. The molecule has 0 spiro atoms. The fraction of sp³-hybridized carbons (Fsp3) is 0.900. The first-order chi connectivity index (χ1) is 5.83. The minimum Gasteiger partial charge on any atom is -0.381 e. The Kier molecular flexibility index (Phi) is 2.66. The number of amides is 1. The normalized spacial score (nSPS) is 20.6. The Hall–Kier alpha value is -0.570. The molecule has 1 saturated carbocycles. The molecule has 1 fully saturated rings. The lowest BCUT2D eigenvalue weighted by atomic mass is 9.70. The van der Waals surface area contributed by atoms with Crippen molar-refractivity contribution in [3.8, 4) is 0 Å². The van der Waals surface area contributed by atoms with Gasteiger partial charge in [0.25, 0.3) is 5.91 Å². The van der Waals surface area contributed by atoms with E-state index in [1.807, 2.05) is 0 Å². The van der Waals surface area contributed by atoms with Gasteiger partial charge in [-0.05, 0) is 32.1 Å². The second kappa shape index (κ2) is 3.29. The first-order valence-corrected chi connectivity index (χ1v) is 4.84. The van der Waals surface area contributed by atoms with E-state index in [1.54, 1.807) is 0 Å². The van der Waals surface area contributed by atoms with E-state index in [2.05, 4.69) is 12.2 Å². The maximum Gasteiger partial charge on any atom is 0.251 e. The molecule has 1 aliphatic carbocycles. The topological polar surface area (TPSA) is 49.3 Å². The third-order valence-corrected chi connectivity index (χ3v) is 2.79. The summed E-state index contributed by atoms with van der Waals surface area (Å²) in [4.78, 5) is 11.3. The van der Waals surface area contributed by atoms with Gasteiger partial charge in [0, 0.05) is 6.54 Å². The van der Waals surface area contributed by atoms with Crippen LogP contribution in [0.3, 0.4) is 0 Å². The van der Waals surface area contributed by atoms with E-state index in [1.165, 1.54) is 33.1 Å². The smallest absolute Gasteiger partial charge is 0.251 e. The molecule has 0 unspecified atom stereocenters. The lowest BCUT2D eigenvalue weighted by Crippen LogP contribution is -2.47. The summed E-state index contributed by atoms with van der Waals surface area (Å²) in [6, 6.07) is 0. The van der Waals surface area contributed by atoms with Gasteiger partial charge in [-0.25, -0.2) is 0 Å². The van der Waals surface area contributed by atoms with Crippen LogP contribution in [0.1, 0.15) is 40.0 Å². The second-order valence-electron chi connectivity index (χ2n) is 4.91. The van der Waals surface area contributed by atoms with Crippen LogP contribution in [-0.4, -0.2) is 23.2 Å². The summed E-state index contributed by atoms with van der Waals surface area (Å²) in [5, 5.41) is 12.1. The summed E-state index contributed by atoms with van der Waals surface area (Å²) in [6.45, 7) is 5.87. The highest BCUT2D eigenvalue weighted by atomic mass is 16.3. The molecular weight excluding hydrogens is 166 g/mol. The average Bonchev–Trinajstić information content (AvgIpc) is 1.94. The first kappa shape index (κ1) is 10.5. The molecule has 0 atom stereocenters. The molecule has 1 amide bonds. The molecule has 0 aromatic carbocycles. The van der Waals surface area contributed by atoms with Crippen LogP contribution in [0.25, 0.3) is 0 Å². The number of hydrogen-bond acceptors (Lipinski definition) is 2. The van der Waals surface area contributed by atoms with Gasteiger partial charge in [-0.1, -0.05) is 13.3 Å². The van der Waals surface area contributed by atoms with Gasteiger partial charge < -0.3 is 10.4 Å². The van der Waals surface area contributed by atoms with Crippen LogP contribution >= 0.6 is 0 Å². The third-order valence-electron chi connectivity index (χ3n) is 2.79. The highest BCUT2D eigenvalue weighted by Crippen LogP contribution is 2.39. The van der Waals surface area contributed by atoms with Gasteiger partial charge in [0.2, 0.25) is 0 Å². The largest absolute Gasteiger partial charge is 0.381 e. The van der Waals surface area contributed by atoms with E-state index in [9.17, 15) is 9.90 Å². The van der Waals surface area contributed by atoms with Gasteiger partial charge in [0.1, 0.15) is 5.60 Å². The summed E-state index contributed by atoms with van der Waals surface area (Å²) in [7, 11) is 0. The van der Waals surface area contributed by atoms with E-state index in [0.717, 1.165) is 0 Å². The van der Waals surface area contributed by atoms with Gasteiger partial charge in [-0.15, -0.1) is 0 Å². The van der Waals surface area contributed by atoms with Crippen molar-refractivity contribution in [2.75, 3.05) is 6.54 Å². The molecule has 0 aromatic rings. The predicted octanol–water partition coefficient (Wildman–Crippen LogP) is 1.06.